The molecule has 1 fully saturated rings. The van der Waals surface area contributed by atoms with E-state index in [1.54, 1.807) is 0 Å². The molecular formula is C14H19NO2. The zero-order chi connectivity index (χ0) is 12.3. The van der Waals surface area contributed by atoms with Crippen molar-refractivity contribution < 1.29 is 9.90 Å². The molecule has 0 bridgehead atoms. The number of carboxylic acid groups (broad SMARTS) is 1. The Balaban J connectivity index is 2.15. The second kappa shape index (κ2) is 5.32. The second-order valence-corrected chi connectivity index (χ2v) is 4.87. The molecule has 1 aliphatic heterocycles. The third-order valence-electron chi connectivity index (χ3n) is 3.57. The van der Waals surface area contributed by atoms with Gasteiger partial charge in [0.2, 0.25) is 0 Å². The molecule has 2 rings (SSSR count). The molecule has 2 unspecified atom stereocenters. The zero-order valence-electron chi connectivity index (χ0n) is 10.1. The number of nitrogens with one attached hydrogen (secondary N) is 1. The molecule has 0 aliphatic carbocycles. The highest BCUT2D eigenvalue weighted by Gasteiger charge is 2.27. The predicted octanol–water partition coefficient (Wildman–Crippen LogP) is 2.16. The van der Waals surface area contributed by atoms with Crippen molar-refractivity contribution in [3.8, 4) is 0 Å². The third kappa shape index (κ3) is 3.07. The minimum absolute atomic E-state index is 0.261. The summed E-state index contributed by atoms with van der Waals surface area (Å²) in [5.74, 6) is -0.0917. The van der Waals surface area contributed by atoms with Crippen molar-refractivity contribution in [2.24, 2.45) is 5.92 Å². The molecule has 0 spiro atoms. The molecule has 0 radical (unpaired) electrons. The molecule has 3 heteroatoms. The number of aryl methyl sites for hydroxylation is 1. The Bertz CT molecular complexity index is 386. The highest BCUT2D eigenvalue weighted by Crippen LogP contribution is 2.31. The van der Waals surface area contributed by atoms with Gasteiger partial charge in [0.05, 0.1) is 0 Å². The molecule has 1 aromatic rings. The first-order valence-electron chi connectivity index (χ1n) is 6.16. The van der Waals surface area contributed by atoms with E-state index in [1.165, 1.54) is 11.1 Å². The minimum atomic E-state index is -0.686. The third-order valence-corrected chi connectivity index (χ3v) is 3.57. The van der Waals surface area contributed by atoms with Crippen molar-refractivity contribution in [2.45, 2.75) is 25.7 Å². The lowest BCUT2D eigenvalue weighted by Crippen LogP contribution is -2.36. The van der Waals surface area contributed by atoms with Crippen molar-refractivity contribution >= 4 is 5.97 Å². The van der Waals surface area contributed by atoms with Crippen LogP contribution >= 0.6 is 0 Å². The fraction of sp³-hybridized carbons (Fsp3) is 0.500. The lowest BCUT2D eigenvalue weighted by molar-refractivity contribution is -0.138. The van der Waals surface area contributed by atoms with E-state index in [4.69, 9.17) is 5.11 Å². The van der Waals surface area contributed by atoms with Gasteiger partial charge in [0.1, 0.15) is 0 Å². The van der Waals surface area contributed by atoms with Gasteiger partial charge in [-0.2, -0.15) is 0 Å². The van der Waals surface area contributed by atoms with E-state index in [0.29, 0.717) is 5.92 Å². The van der Waals surface area contributed by atoms with Crippen molar-refractivity contribution in [1.29, 1.82) is 0 Å². The summed E-state index contributed by atoms with van der Waals surface area (Å²) in [5.41, 5.74) is 2.50. The Morgan fingerprint density at radius 3 is 2.76 bits per heavy atom. The van der Waals surface area contributed by atoms with Gasteiger partial charge in [0.25, 0.3) is 0 Å². The Labute approximate surface area is 102 Å². The number of aliphatic carboxylic acids is 1. The summed E-state index contributed by atoms with van der Waals surface area (Å²) in [5, 5.41) is 12.3. The molecule has 0 aromatic heterocycles. The fourth-order valence-corrected chi connectivity index (χ4v) is 2.59. The Hall–Kier alpha value is -1.35. The van der Waals surface area contributed by atoms with Crippen LogP contribution in [0.5, 0.6) is 0 Å². The molecular weight excluding hydrogens is 214 g/mol. The maximum absolute atomic E-state index is 10.9. The van der Waals surface area contributed by atoms with Crippen LogP contribution in [0.2, 0.25) is 0 Å². The van der Waals surface area contributed by atoms with E-state index >= 15 is 0 Å². The molecule has 2 N–H and O–H groups in total. The Morgan fingerprint density at radius 2 is 2.12 bits per heavy atom. The zero-order valence-corrected chi connectivity index (χ0v) is 10.1. The SMILES string of the molecule is Cc1ccc(C2CNCCC2CC(=O)O)cc1. The highest BCUT2D eigenvalue weighted by molar-refractivity contribution is 5.67. The highest BCUT2D eigenvalue weighted by atomic mass is 16.4. The first-order chi connectivity index (χ1) is 8.16. The molecule has 1 heterocycles. The van der Waals surface area contributed by atoms with Gasteiger partial charge >= 0.3 is 5.97 Å². The average Bonchev–Trinajstić information content (AvgIpc) is 2.30. The largest absolute Gasteiger partial charge is 0.481 e. The van der Waals surface area contributed by atoms with Crippen LogP contribution < -0.4 is 5.32 Å². The van der Waals surface area contributed by atoms with Crippen molar-refractivity contribution in [3.05, 3.63) is 35.4 Å². The molecule has 1 saturated heterocycles. The number of hydrogen-bond donors (Lipinski definition) is 2. The van der Waals surface area contributed by atoms with Gasteiger partial charge in [-0.3, -0.25) is 4.79 Å². The summed E-state index contributed by atoms with van der Waals surface area (Å²) < 4.78 is 0. The molecule has 0 amide bonds. The summed E-state index contributed by atoms with van der Waals surface area (Å²) in [6.07, 6.45) is 1.23. The van der Waals surface area contributed by atoms with Crippen LogP contribution in [0.15, 0.2) is 24.3 Å². The van der Waals surface area contributed by atoms with E-state index in [0.717, 1.165) is 19.5 Å². The summed E-state index contributed by atoms with van der Waals surface area (Å²) in [6.45, 7) is 3.89. The molecule has 1 aliphatic rings. The van der Waals surface area contributed by atoms with Gasteiger partial charge in [-0.1, -0.05) is 29.8 Å². The summed E-state index contributed by atoms with van der Waals surface area (Å²) in [4.78, 5) is 10.9. The minimum Gasteiger partial charge on any atom is -0.481 e. The van der Waals surface area contributed by atoms with Crippen molar-refractivity contribution in [1.82, 2.24) is 5.32 Å². The number of hydrogen-bond acceptors (Lipinski definition) is 2. The number of rotatable bonds is 3. The monoisotopic (exact) mass is 233 g/mol. The van der Waals surface area contributed by atoms with E-state index < -0.39 is 5.97 Å². The van der Waals surface area contributed by atoms with Gasteiger partial charge in [-0.25, -0.2) is 0 Å². The van der Waals surface area contributed by atoms with E-state index in [2.05, 4.69) is 36.5 Å². The molecule has 92 valence electrons. The lowest BCUT2D eigenvalue weighted by atomic mass is 9.79. The fourth-order valence-electron chi connectivity index (χ4n) is 2.59. The molecule has 0 saturated carbocycles. The number of carboxylic acids is 1. The first-order valence-corrected chi connectivity index (χ1v) is 6.16. The quantitative estimate of drug-likeness (QED) is 0.841. The van der Waals surface area contributed by atoms with Gasteiger partial charge in [0.15, 0.2) is 0 Å². The topological polar surface area (TPSA) is 49.3 Å². The maximum atomic E-state index is 10.9. The normalized spacial score (nSPS) is 24.5. The molecule has 2 atom stereocenters. The smallest absolute Gasteiger partial charge is 0.303 e. The van der Waals surface area contributed by atoms with Crippen LogP contribution in [0.3, 0.4) is 0 Å². The van der Waals surface area contributed by atoms with Gasteiger partial charge in [0, 0.05) is 13.0 Å². The molecule has 3 nitrogen and oxygen atoms in total. The van der Waals surface area contributed by atoms with Gasteiger partial charge < -0.3 is 10.4 Å². The van der Waals surface area contributed by atoms with E-state index in [-0.39, 0.29) is 12.3 Å². The predicted molar refractivity (Wildman–Crippen MR) is 67.1 cm³/mol. The first kappa shape index (κ1) is 12.1. The molecule has 1 aromatic carbocycles. The molecule has 17 heavy (non-hydrogen) atoms. The van der Waals surface area contributed by atoms with Crippen molar-refractivity contribution in [3.63, 3.8) is 0 Å². The van der Waals surface area contributed by atoms with Crippen LogP contribution in [-0.2, 0) is 4.79 Å². The van der Waals surface area contributed by atoms with Crippen LogP contribution in [0, 0.1) is 12.8 Å². The number of carbonyl (C=O) groups is 1. The van der Waals surface area contributed by atoms with Crippen LogP contribution in [0.1, 0.15) is 29.9 Å². The van der Waals surface area contributed by atoms with Gasteiger partial charge in [-0.15, -0.1) is 0 Å². The average molecular weight is 233 g/mol. The van der Waals surface area contributed by atoms with Gasteiger partial charge in [-0.05, 0) is 37.3 Å². The van der Waals surface area contributed by atoms with E-state index in [1.807, 2.05) is 0 Å². The van der Waals surface area contributed by atoms with Crippen LogP contribution in [-0.4, -0.2) is 24.2 Å². The second-order valence-electron chi connectivity index (χ2n) is 4.87. The summed E-state index contributed by atoms with van der Waals surface area (Å²) in [6, 6.07) is 8.45. The number of benzene rings is 1. The number of piperidine rings is 1. The van der Waals surface area contributed by atoms with Crippen LogP contribution in [0.4, 0.5) is 0 Å². The summed E-state index contributed by atoms with van der Waals surface area (Å²) in [7, 11) is 0. The maximum Gasteiger partial charge on any atom is 0.303 e. The van der Waals surface area contributed by atoms with Crippen molar-refractivity contribution in [2.75, 3.05) is 13.1 Å². The van der Waals surface area contributed by atoms with Crippen LogP contribution in [0.25, 0.3) is 0 Å². The Kier molecular flexibility index (Phi) is 3.79. The van der Waals surface area contributed by atoms with E-state index in [9.17, 15) is 4.79 Å². The standard InChI is InChI=1S/C14H19NO2/c1-10-2-4-11(5-3-10)13-9-15-7-6-12(13)8-14(16)17/h2-5,12-13,15H,6-9H2,1H3,(H,16,17). The summed E-state index contributed by atoms with van der Waals surface area (Å²) >= 11 is 0. The lowest BCUT2D eigenvalue weighted by Gasteiger charge is -2.31. The Morgan fingerprint density at radius 1 is 1.41 bits per heavy atom.